The summed E-state index contributed by atoms with van der Waals surface area (Å²) in [7, 11) is 0. The van der Waals surface area contributed by atoms with Crippen molar-refractivity contribution in [2.24, 2.45) is 28.6 Å². The van der Waals surface area contributed by atoms with E-state index in [-0.39, 0.29) is 35.5 Å². The van der Waals surface area contributed by atoms with Gasteiger partial charge in [0.15, 0.2) is 35.9 Å². The van der Waals surface area contributed by atoms with E-state index >= 15 is 4.39 Å². The Labute approximate surface area is 316 Å². The van der Waals surface area contributed by atoms with Crippen LogP contribution in [0.4, 0.5) is 10.1 Å². The van der Waals surface area contributed by atoms with Crippen LogP contribution in [0.1, 0.15) is 62.5 Å². The number of ketones is 2. The van der Waals surface area contributed by atoms with Crippen LogP contribution >= 0.6 is 0 Å². The monoisotopic (exact) mass is 763 g/mol. The third-order valence-electron chi connectivity index (χ3n) is 13.5. The van der Waals surface area contributed by atoms with Gasteiger partial charge in [-0.1, -0.05) is 49.8 Å². The number of nitrogen functional groups attached to an aromatic ring is 1. The molecule has 2 heterocycles. The van der Waals surface area contributed by atoms with Crippen molar-refractivity contribution in [3.63, 3.8) is 0 Å². The van der Waals surface area contributed by atoms with Gasteiger partial charge in [-0.05, 0) is 85.4 Å². The van der Waals surface area contributed by atoms with Crippen molar-refractivity contribution in [1.82, 2.24) is 0 Å². The van der Waals surface area contributed by atoms with Crippen molar-refractivity contribution < 1.29 is 63.3 Å². The number of ether oxygens (including phenoxy) is 4. The van der Waals surface area contributed by atoms with Gasteiger partial charge in [-0.2, -0.15) is 0 Å². The van der Waals surface area contributed by atoms with Crippen molar-refractivity contribution in [2.75, 3.05) is 12.3 Å². The molecule has 5 fully saturated rings. The minimum atomic E-state index is -1.96. The summed E-state index contributed by atoms with van der Waals surface area (Å²) in [6.07, 6.45) is -5.53. The number of carbonyl (C=O) groups excluding carboxylic acids is 2. The molecule has 2 aliphatic heterocycles. The fraction of sp³-hybridized carbons (Fsp3) is 0.537. The number of carbonyl (C=O) groups is 3. The van der Waals surface area contributed by atoms with Crippen LogP contribution < -0.4 is 5.73 Å². The molecule has 13 nitrogen and oxygen atoms in total. The topological polar surface area (TPSA) is 215 Å². The van der Waals surface area contributed by atoms with E-state index in [1.165, 1.54) is 12.1 Å². The number of allylic oxidation sites excluding steroid dienone is 4. The summed E-state index contributed by atoms with van der Waals surface area (Å²) in [5.41, 5.74) is 5.60. The third-order valence-corrected chi connectivity index (χ3v) is 13.5. The van der Waals surface area contributed by atoms with E-state index in [1.54, 1.807) is 30.3 Å². The van der Waals surface area contributed by atoms with E-state index in [4.69, 9.17) is 24.7 Å². The van der Waals surface area contributed by atoms with Gasteiger partial charge in [-0.15, -0.1) is 0 Å². The number of carboxylic acid groups (broad SMARTS) is 1. The summed E-state index contributed by atoms with van der Waals surface area (Å²) in [5.74, 6) is -3.58. The average molecular weight is 764 g/mol. The summed E-state index contributed by atoms with van der Waals surface area (Å²) in [6.45, 7) is 3.10. The first-order chi connectivity index (χ1) is 26.1. The van der Waals surface area contributed by atoms with Gasteiger partial charge in [0.25, 0.3) is 0 Å². The largest absolute Gasteiger partial charge is 0.479 e. The smallest absolute Gasteiger partial charge is 0.335 e. The Hall–Kier alpha value is -3.86. The predicted molar refractivity (Wildman–Crippen MR) is 190 cm³/mol. The van der Waals surface area contributed by atoms with Crippen molar-refractivity contribution in [1.29, 1.82) is 0 Å². The van der Waals surface area contributed by atoms with Gasteiger partial charge < -0.3 is 50.2 Å². The standard InChI is InChI=1S/C41H46FNO12/c1-39-12-11-23(44)15-21(39)6-10-24-26-16-30-41(40(26,2)17-28(45)31(24)39,29(46)18-52-38-34(49)32(47)33(48)35(54-38)36(50)51)55-37(53-30)25-9-5-20(14-27(25)42)13-19-3-7-22(43)8-4-19/h3-5,7-9,11-12,14-15,24,26,28,30-35,37-38,45,47-49H,6,10,13,16-18,43H2,1-2H3,(H,50,51)/t24-,26-,28-,30+,31+,32-,33-,34+,35-,37+,38+,39-,40-,41+/m0/s1. The lowest BCUT2D eigenvalue weighted by Gasteiger charge is -2.59. The Morgan fingerprint density at radius 1 is 1.00 bits per heavy atom. The molecule has 294 valence electrons. The molecule has 0 amide bonds. The van der Waals surface area contributed by atoms with E-state index in [2.05, 4.69) is 0 Å². The van der Waals surface area contributed by atoms with Crippen molar-refractivity contribution in [3.8, 4) is 0 Å². The lowest BCUT2D eigenvalue weighted by atomic mass is 9.46. The number of halogens is 1. The number of rotatable bonds is 8. The van der Waals surface area contributed by atoms with Gasteiger partial charge in [-0.3, -0.25) is 9.59 Å². The summed E-state index contributed by atoms with van der Waals surface area (Å²) in [4.78, 5) is 38.9. The molecule has 0 spiro atoms. The number of aliphatic carboxylic acids is 1. The molecule has 0 unspecified atom stereocenters. The van der Waals surface area contributed by atoms with Crippen molar-refractivity contribution in [2.45, 2.75) is 101 Å². The maximum Gasteiger partial charge on any atom is 0.335 e. The van der Waals surface area contributed by atoms with Crippen LogP contribution in [0.15, 0.2) is 66.3 Å². The fourth-order valence-electron chi connectivity index (χ4n) is 10.9. The molecule has 2 aromatic carbocycles. The number of fused-ring (bicyclic) bond motifs is 7. The van der Waals surface area contributed by atoms with E-state index < -0.39 is 89.8 Å². The average Bonchev–Trinajstić information content (AvgIpc) is 3.64. The van der Waals surface area contributed by atoms with Crippen LogP contribution in [-0.2, 0) is 39.8 Å². The summed E-state index contributed by atoms with van der Waals surface area (Å²) >= 11 is 0. The summed E-state index contributed by atoms with van der Waals surface area (Å²) in [5, 5.41) is 52.8. The molecule has 2 saturated heterocycles. The second-order valence-corrected chi connectivity index (χ2v) is 16.5. The van der Waals surface area contributed by atoms with Crippen LogP contribution in [0.3, 0.4) is 0 Å². The van der Waals surface area contributed by atoms with E-state index in [9.17, 15) is 39.9 Å². The molecule has 55 heavy (non-hydrogen) atoms. The second kappa shape index (κ2) is 13.7. The zero-order chi connectivity index (χ0) is 39.2. The molecule has 0 aromatic heterocycles. The fourth-order valence-corrected chi connectivity index (χ4v) is 10.9. The number of anilines is 1. The number of aliphatic hydroxyl groups is 4. The van der Waals surface area contributed by atoms with E-state index in [0.29, 0.717) is 36.9 Å². The predicted octanol–water partition coefficient (Wildman–Crippen LogP) is 2.52. The number of Topliss-reactive ketones (excluding diaryl/α,β-unsaturated/α-hetero) is 1. The Kier molecular flexibility index (Phi) is 9.45. The van der Waals surface area contributed by atoms with Crippen LogP contribution in [0.5, 0.6) is 0 Å². The van der Waals surface area contributed by atoms with Crippen LogP contribution in [0, 0.1) is 34.4 Å². The third kappa shape index (κ3) is 5.92. The lowest BCUT2D eigenvalue weighted by molar-refractivity contribution is -0.293. The summed E-state index contributed by atoms with van der Waals surface area (Å²) in [6, 6.07) is 12.0. The van der Waals surface area contributed by atoms with Crippen LogP contribution in [0.25, 0.3) is 0 Å². The minimum Gasteiger partial charge on any atom is -0.479 e. The lowest BCUT2D eigenvalue weighted by Crippen LogP contribution is -2.64. The van der Waals surface area contributed by atoms with Crippen molar-refractivity contribution >= 4 is 23.2 Å². The Bertz CT molecular complexity index is 1950. The number of hydrogen-bond donors (Lipinski definition) is 6. The molecule has 0 radical (unpaired) electrons. The molecule has 4 aliphatic carbocycles. The number of nitrogens with two attached hydrogens (primary N) is 1. The molecule has 8 rings (SSSR count). The SMILES string of the molecule is C[C@]12C=CC(=O)C=C1CC[C@@H]1[C@@H]2[C@@H](O)C[C@@]2(C)[C@H]1C[C@H]1O[C@@H](c3ccc(Cc4ccc(N)cc4)cc3F)O[C@]12C(=O)CO[C@@H]1O[C@H](C(=O)O)[C@@H](O)[C@H](O)[C@H]1O. The van der Waals surface area contributed by atoms with Gasteiger partial charge in [0, 0.05) is 28.0 Å². The normalized spacial score (nSPS) is 41.8. The molecular formula is C41H46FNO12. The maximum absolute atomic E-state index is 16.0. The van der Waals surface area contributed by atoms with E-state index in [0.717, 1.165) is 11.1 Å². The van der Waals surface area contributed by atoms with Gasteiger partial charge in [-0.25, -0.2) is 9.18 Å². The first-order valence-electron chi connectivity index (χ1n) is 18.7. The molecule has 14 atom stereocenters. The highest BCUT2D eigenvalue weighted by molar-refractivity contribution is 6.01. The van der Waals surface area contributed by atoms with Crippen molar-refractivity contribution in [3.05, 3.63) is 88.8 Å². The molecule has 3 saturated carbocycles. The first kappa shape index (κ1) is 38.0. The molecule has 6 aliphatic rings. The van der Waals surface area contributed by atoms with E-state index in [1.807, 2.05) is 32.1 Å². The Balaban J connectivity index is 1.11. The number of hydrogen-bond acceptors (Lipinski definition) is 12. The minimum absolute atomic E-state index is 0.0716. The zero-order valence-corrected chi connectivity index (χ0v) is 30.4. The second-order valence-electron chi connectivity index (χ2n) is 16.5. The van der Waals surface area contributed by atoms with Gasteiger partial charge in [0.2, 0.25) is 0 Å². The van der Waals surface area contributed by atoms with Gasteiger partial charge in [0.1, 0.15) is 30.7 Å². The first-order valence-corrected chi connectivity index (χ1v) is 18.7. The highest BCUT2D eigenvalue weighted by Gasteiger charge is 2.76. The number of carboxylic acids is 1. The number of benzene rings is 2. The molecular weight excluding hydrogens is 717 g/mol. The Morgan fingerprint density at radius 3 is 2.44 bits per heavy atom. The molecule has 0 bridgehead atoms. The molecule has 14 heteroatoms. The summed E-state index contributed by atoms with van der Waals surface area (Å²) < 4.78 is 40.2. The highest BCUT2D eigenvalue weighted by Crippen LogP contribution is 2.70. The number of aliphatic hydroxyl groups excluding tert-OH is 4. The Morgan fingerprint density at radius 2 is 1.73 bits per heavy atom. The van der Waals surface area contributed by atoms with Gasteiger partial charge in [0.05, 0.1) is 12.2 Å². The quantitative estimate of drug-likeness (QED) is 0.214. The van der Waals surface area contributed by atoms with Crippen LogP contribution in [-0.4, -0.2) is 98.2 Å². The van der Waals surface area contributed by atoms with Gasteiger partial charge >= 0.3 is 5.97 Å². The molecule has 2 aromatic rings. The maximum atomic E-state index is 16.0. The van der Waals surface area contributed by atoms with Crippen LogP contribution in [0.2, 0.25) is 0 Å². The zero-order valence-electron chi connectivity index (χ0n) is 30.4. The molecule has 7 N–H and O–H groups in total. The highest BCUT2D eigenvalue weighted by atomic mass is 19.1.